The van der Waals surface area contributed by atoms with E-state index in [2.05, 4.69) is 4.90 Å². The molecule has 0 aromatic heterocycles. The van der Waals surface area contributed by atoms with E-state index in [9.17, 15) is 4.79 Å². The van der Waals surface area contributed by atoms with Gasteiger partial charge < -0.3 is 9.47 Å². The van der Waals surface area contributed by atoms with E-state index in [0.717, 1.165) is 44.3 Å². The Hall–Kier alpha value is -0.850. The van der Waals surface area contributed by atoms with Crippen LogP contribution < -0.4 is 5.84 Å². The molecule has 2 saturated heterocycles. The van der Waals surface area contributed by atoms with E-state index >= 15 is 0 Å². The van der Waals surface area contributed by atoms with Crippen LogP contribution in [0.4, 0.5) is 4.79 Å². The second-order valence-electron chi connectivity index (χ2n) is 3.90. The summed E-state index contributed by atoms with van der Waals surface area (Å²) in [5.74, 6) is 5.40. The predicted octanol–water partition coefficient (Wildman–Crippen LogP) is -0.597. The van der Waals surface area contributed by atoms with Gasteiger partial charge in [-0.2, -0.15) is 0 Å². The van der Waals surface area contributed by atoms with E-state index in [4.69, 9.17) is 15.3 Å². The van der Waals surface area contributed by atoms with E-state index < -0.39 is 6.09 Å². The summed E-state index contributed by atoms with van der Waals surface area (Å²) < 4.78 is 10.4. The fourth-order valence-corrected chi connectivity index (χ4v) is 1.84. The quantitative estimate of drug-likeness (QED) is 0.492. The number of ether oxygens (including phenoxy) is 2. The van der Waals surface area contributed by atoms with E-state index in [1.807, 2.05) is 0 Å². The van der Waals surface area contributed by atoms with Crippen LogP contribution in [0.15, 0.2) is 0 Å². The summed E-state index contributed by atoms with van der Waals surface area (Å²) in [5, 5.41) is 1.12. The predicted molar refractivity (Wildman–Crippen MR) is 53.0 cm³/mol. The number of cyclic esters (lactones) is 1. The zero-order valence-electron chi connectivity index (χ0n) is 8.72. The summed E-state index contributed by atoms with van der Waals surface area (Å²) in [4.78, 5) is 13.4. The van der Waals surface area contributed by atoms with Crippen molar-refractivity contribution in [3.05, 3.63) is 0 Å². The van der Waals surface area contributed by atoms with Gasteiger partial charge in [-0.05, 0) is 0 Å². The van der Waals surface area contributed by atoms with E-state index in [0.29, 0.717) is 6.54 Å². The fraction of sp³-hybridized carbons (Fsp3) is 0.889. The van der Waals surface area contributed by atoms with Crippen molar-refractivity contribution in [1.82, 2.24) is 9.91 Å². The van der Waals surface area contributed by atoms with E-state index in [-0.39, 0.29) is 6.10 Å². The molecule has 0 aromatic carbocycles. The number of hydrogen-bond donors (Lipinski definition) is 1. The molecule has 86 valence electrons. The maximum Gasteiger partial charge on any atom is 0.424 e. The highest BCUT2D eigenvalue weighted by Crippen LogP contribution is 2.11. The maximum atomic E-state index is 11.2. The highest BCUT2D eigenvalue weighted by Gasteiger charge is 2.27. The number of carbonyl (C=O) groups excluding carboxylic acids is 1. The zero-order chi connectivity index (χ0) is 10.7. The van der Waals surface area contributed by atoms with Crippen molar-refractivity contribution in [3.8, 4) is 0 Å². The summed E-state index contributed by atoms with van der Waals surface area (Å²) in [6, 6.07) is 0. The molecule has 1 unspecified atom stereocenters. The SMILES string of the molecule is NN1CCC(CN2CCOCC2)OC1=O. The molecule has 2 heterocycles. The second kappa shape index (κ2) is 4.78. The Balaban J connectivity index is 1.77. The van der Waals surface area contributed by atoms with Gasteiger partial charge in [-0.1, -0.05) is 0 Å². The van der Waals surface area contributed by atoms with Crippen LogP contribution in [-0.4, -0.2) is 61.5 Å². The Bertz CT molecular complexity index is 231. The van der Waals surface area contributed by atoms with Gasteiger partial charge in [-0.15, -0.1) is 0 Å². The monoisotopic (exact) mass is 215 g/mol. The average molecular weight is 215 g/mol. The number of hydrazine groups is 1. The Kier molecular flexibility index (Phi) is 3.40. The normalized spacial score (nSPS) is 29.0. The van der Waals surface area contributed by atoms with Gasteiger partial charge in [0.25, 0.3) is 0 Å². The van der Waals surface area contributed by atoms with Crippen molar-refractivity contribution in [2.45, 2.75) is 12.5 Å². The van der Waals surface area contributed by atoms with Crippen molar-refractivity contribution in [2.75, 3.05) is 39.4 Å². The molecule has 0 aromatic rings. The summed E-state index contributed by atoms with van der Waals surface area (Å²) in [5.41, 5.74) is 0. The third-order valence-electron chi connectivity index (χ3n) is 2.76. The average Bonchev–Trinajstić information content (AvgIpc) is 2.25. The standard InChI is InChI=1S/C9H17N3O3/c10-12-2-1-8(15-9(12)13)7-11-3-5-14-6-4-11/h8H,1-7,10H2. The molecular formula is C9H17N3O3. The molecule has 2 aliphatic heterocycles. The second-order valence-corrected chi connectivity index (χ2v) is 3.90. The van der Waals surface area contributed by atoms with Crippen LogP contribution in [0, 0.1) is 0 Å². The first-order valence-corrected chi connectivity index (χ1v) is 5.28. The molecule has 0 aliphatic carbocycles. The summed E-state index contributed by atoms with van der Waals surface area (Å²) >= 11 is 0. The first-order valence-electron chi connectivity index (χ1n) is 5.28. The molecule has 0 saturated carbocycles. The maximum absolute atomic E-state index is 11.2. The van der Waals surface area contributed by atoms with Gasteiger partial charge in [0.2, 0.25) is 0 Å². The lowest BCUT2D eigenvalue weighted by Gasteiger charge is -2.33. The molecule has 6 nitrogen and oxygen atoms in total. The van der Waals surface area contributed by atoms with Gasteiger partial charge in [0.15, 0.2) is 0 Å². The van der Waals surface area contributed by atoms with Gasteiger partial charge in [0, 0.05) is 32.6 Å². The molecule has 2 rings (SSSR count). The Morgan fingerprint density at radius 2 is 2.07 bits per heavy atom. The number of amides is 1. The Morgan fingerprint density at radius 3 is 2.73 bits per heavy atom. The third-order valence-corrected chi connectivity index (χ3v) is 2.76. The lowest BCUT2D eigenvalue weighted by molar-refractivity contribution is -0.0172. The van der Waals surface area contributed by atoms with Crippen molar-refractivity contribution < 1.29 is 14.3 Å². The topological polar surface area (TPSA) is 68.0 Å². The van der Waals surface area contributed by atoms with Gasteiger partial charge in [-0.25, -0.2) is 15.6 Å². The van der Waals surface area contributed by atoms with Crippen LogP contribution >= 0.6 is 0 Å². The number of hydrogen-bond acceptors (Lipinski definition) is 5. The molecule has 1 atom stereocenters. The van der Waals surface area contributed by atoms with Crippen LogP contribution in [0.3, 0.4) is 0 Å². The van der Waals surface area contributed by atoms with Crippen molar-refractivity contribution in [2.24, 2.45) is 5.84 Å². The number of nitrogens with zero attached hydrogens (tertiary/aromatic N) is 2. The lowest BCUT2D eigenvalue weighted by Crippen LogP contribution is -2.50. The Labute approximate surface area is 88.9 Å². The molecule has 2 fully saturated rings. The zero-order valence-corrected chi connectivity index (χ0v) is 8.72. The molecule has 1 amide bonds. The Morgan fingerprint density at radius 1 is 1.33 bits per heavy atom. The molecular weight excluding hydrogens is 198 g/mol. The molecule has 2 aliphatic rings. The van der Waals surface area contributed by atoms with Crippen LogP contribution in [0.5, 0.6) is 0 Å². The molecule has 6 heteroatoms. The molecule has 0 bridgehead atoms. The number of carbonyl (C=O) groups is 1. The minimum absolute atomic E-state index is 0.0181. The number of rotatable bonds is 2. The minimum atomic E-state index is -0.417. The van der Waals surface area contributed by atoms with Gasteiger partial charge in [0.05, 0.1) is 13.2 Å². The van der Waals surface area contributed by atoms with E-state index in [1.165, 1.54) is 0 Å². The molecule has 15 heavy (non-hydrogen) atoms. The van der Waals surface area contributed by atoms with Crippen LogP contribution in [0.1, 0.15) is 6.42 Å². The minimum Gasteiger partial charge on any atom is -0.444 e. The van der Waals surface area contributed by atoms with Crippen molar-refractivity contribution in [3.63, 3.8) is 0 Å². The third kappa shape index (κ3) is 2.80. The smallest absolute Gasteiger partial charge is 0.424 e. The van der Waals surface area contributed by atoms with E-state index in [1.54, 1.807) is 0 Å². The summed E-state index contributed by atoms with van der Waals surface area (Å²) in [6.07, 6.45) is 0.370. The van der Waals surface area contributed by atoms with Crippen LogP contribution in [-0.2, 0) is 9.47 Å². The molecule has 0 radical (unpaired) electrons. The highest BCUT2D eigenvalue weighted by molar-refractivity contribution is 5.67. The lowest BCUT2D eigenvalue weighted by atomic mass is 10.2. The largest absolute Gasteiger partial charge is 0.444 e. The van der Waals surface area contributed by atoms with Crippen LogP contribution in [0.25, 0.3) is 0 Å². The van der Waals surface area contributed by atoms with Gasteiger partial charge >= 0.3 is 6.09 Å². The first-order chi connectivity index (χ1) is 7.25. The number of morpholine rings is 1. The van der Waals surface area contributed by atoms with Crippen molar-refractivity contribution >= 4 is 6.09 Å². The van der Waals surface area contributed by atoms with Crippen molar-refractivity contribution in [1.29, 1.82) is 0 Å². The summed E-state index contributed by atoms with van der Waals surface area (Å²) in [7, 11) is 0. The van der Waals surface area contributed by atoms with Gasteiger partial charge in [-0.3, -0.25) is 4.90 Å². The van der Waals surface area contributed by atoms with Crippen LogP contribution in [0.2, 0.25) is 0 Å². The fourth-order valence-electron chi connectivity index (χ4n) is 1.84. The van der Waals surface area contributed by atoms with Gasteiger partial charge in [0.1, 0.15) is 6.10 Å². The first kappa shape index (κ1) is 10.7. The summed E-state index contributed by atoms with van der Waals surface area (Å²) in [6.45, 7) is 4.74. The molecule has 2 N–H and O–H groups in total. The highest BCUT2D eigenvalue weighted by atomic mass is 16.6. The molecule has 0 spiro atoms. The number of nitrogens with two attached hydrogens (primary N) is 1.